The van der Waals surface area contributed by atoms with Gasteiger partial charge in [0.25, 0.3) is 5.56 Å². The molecule has 4 aromatic heterocycles. The molecule has 160 valence electrons. The van der Waals surface area contributed by atoms with Crippen molar-refractivity contribution in [2.75, 3.05) is 5.32 Å². The second-order valence-corrected chi connectivity index (χ2v) is 7.52. The van der Waals surface area contributed by atoms with E-state index in [0.29, 0.717) is 45.0 Å². The summed E-state index contributed by atoms with van der Waals surface area (Å²) in [5.74, 6) is 0.155. The lowest BCUT2D eigenvalue weighted by atomic mass is 9.96. The maximum absolute atomic E-state index is 13.9. The summed E-state index contributed by atoms with van der Waals surface area (Å²) in [6.45, 7) is 3.66. The number of rotatable bonds is 4. The average molecular weight is 432 g/mol. The number of aromatic nitrogens is 5. The Kier molecular flexibility index (Phi) is 4.66. The van der Waals surface area contributed by atoms with Crippen LogP contribution < -0.4 is 10.9 Å². The largest absolute Gasteiger partial charge is 0.362 e. The predicted molar refractivity (Wildman–Crippen MR) is 117 cm³/mol. The van der Waals surface area contributed by atoms with E-state index in [1.54, 1.807) is 13.0 Å². The SMILES string of the molecule is Cc1nc(N[C@@H](C)c2cc3ccc(F)cn3c(=O)c2-c2ccc(F)cc2)c2[nH]cnc2n1. The number of nitrogens with zero attached hydrogens (tertiary/aromatic N) is 4. The van der Waals surface area contributed by atoms with Crippen molar-refractivity contribution in [3.05, 3.63) is 88.4 Å². The molecule has 7 nitrogen and oxygen atoms in total. The summed E-state index contributed by atoms with van der Waals surface area (Å²) >= 11 is 0. The first-order valence-corrected chi connectivity index (χ1v) is 9.96. The molecule has 1 aromatic carbocycles. The monoisotopic (exact) mass is 432 g/mol. The van der Waals surface area contributed by atoms with Crippen molar-refractivity contribution < 1.29 is 8.78 Å². The van der Waals surface area contributed by atoms with Crippen molar-refractivity contribution in [1.29, 1.82) is 0 Å². The van der Waals surface area contributed by atoms with E-state index in [2.05, 4.69) is 25.3 Å². The normalized spacial score (nSPS) is 12.4. The van der Waals surface area contributed by atoms with Crippen molar-refractivity contribution in [2.24, 2.45) is 0 Å². The van der Waals surface area contributed by atoms with E-state index in [-0.39, 0.29) is 6.04 Å². The average Bonchev–Trinajstić information content (AvgIpc) is 3.23. The van der Waals surface area contributed by atoms with Gasteiger partial charge < -0.3 is 10.3 Å². The topological polar surface area (TPSA) is 88.0 Å². The minimum absolute atomic E-state index is 0.347. The molecule has 0 fully saturated rings. The van der Waals surface area contributed by atoms with Gasteiger partial charge in [-0.15, -0.1) is 0 Å². The van der Waals surface area contributed by atoms with E-state index in [1.165, 1.54) is 41.1 Å². The molecular formula is C23H18F2N6O. The molecule has 0 bridgehead atoms. The molecule has 0 aliphatic heterocycles. The summed E-state index contributed by atoms with van der Waals surface area (Å²) in [5.41, 5.74) is 2.85. The highest BCUT2D eigenvalue weighted by molar-refractivity contribution is 5.83. The summed E-state index contributed by atoms with van der Waals surface area (Å²) in [5, 5.41) is 3.33. The molecule has 5 rings (SSSR count). The zero-order chi connectivity index (χ0) is 22.4. The first-order valence-electron chi connectivity index (χ1n) is 9.96. The van der Waals surface area contributed by atoms with Crippen LogP contribution in [0.25, 0.3) is 27.8 Å². The second kappa shape index (κ2) is 7.52. The van der Waals surface area contributed by atoms with Crippen LogP contribution in [0.2, 0.25) is 0 Å². The van der Waals surface area contributed by atoms with Crippen LogP contribution in [0.4, 0.5) is 14.6 Å². The third-order valence-corrected chi connectivity index (χ3v) is 5.32. The maximum atomic E-state index is 13.9. The fourth-order valence-electron chi connectivity index (χ4n) is 3.83. The van der Waals surface area contributed by atoms with Gasteiger partial charge >= 0.3 is 0 Å². The zero-order valence-corrected chi connectivity index (χ0v) is 17.2. The minimum atomic E-state index is -0.526. The van der Waals surface area contributed by atoms with Crippen molar-refractivity contribution in [2.45, 2.75) is 19.9 Å². The zero-order valence-electron chi connectivity index (χ0n) is 17.2. The number of benzene rings is 1. The van der Waals surface area contributed by atoms with Gasteiger partial charge in [0.1, 0.15) is 23.0 Å². The number of nitrogens with one attached hydrogen (secondary N) is 2. The Hall–Kier alpha value is -4.14. The molecular weight excluding hydrogens is 414 g/mol. The van der Waals surface area contributed by atoms with Crippen LogP contribution in [-0.2, 0) is 0 Å². The van der Waals surface area contributed by atoms with Crippen LogP contribution in [0.15, 0.2) is 59.8 Å². The Morgan fingerprint density at radius 2 is 1.81 bits per heavy atom. The van der Waals surface area contributed by atoms with Gasteiger partial charge in [0.2, 0.25) is 0 Å². The molecule has 2 N–H and O–H groups in total. The number of hydrogen-bond acceptors (Lipinski definition) is 5. The van der Waals surface area contributed by atoms with Gasteiger partial charge in [-0.2, -0.15) is 0 Å². The fraction of sp³-hybridized carbons (Fsp3) is 0.130. The summed E-state index contributed by atoms with van der Waals surface area (Å²) in [6, 6.07) is 9.94. The van der Waals surface area contributed by atoms with E-state index in [4.69, 9.17) is 0 Å². The molecule has 1 atom stereocenters. The Bertz CT molecular complexity index is 1520. The number of halogens is 2. The molecule has 32 heavy (non-hydrogen) atoms. The molecule has 0 aliphatic carbocycles. The highest BCUT2D eigenvalue weighted by Crippen LogP contribution is 2.30. The van der Waals surface area contributed by atoms with Gasteiger partial charge in [-0.1, -0.05) is 12.1 Å². The molecule has 0 aliphatic rings. The van der Waals surface area contributed by atoms with E-state index < -0.39 is 17.2 Å². The highest BCUT2D eigenvalue weighted by Gasteiger charge is 2.20. The summed E-state index contributed by atoms with van der Waals surface area (Å²) in [6.07, 6.45) is 2.68. The van der Waals surface area contributed by atoms with E-state index in [1.807, 2.05) is 13.0 Å². The molecule has 0 amide bonds. The molecule has 0 spiro atoms. The summed E-state index contributed by atoms with van der Waals surface area (Å²) in [7, 11) is 0. The smallest absolute Gasteiger partial charge is 0.263 e. The molecule has 0 unspecified atom stereocenters. The first-order chi connectivity index (χ1) is 15.4. The third-order valence-electron chi connectivity index (χ3n) is 5.32. The number of H-pyrrole nitrogens is 1. The number of pyridine rings is 2. The predicted octanol–water partition coefficient (Wildman–Crippen LogP) is 4.39. The van der Waals surface area contributed by atoms with E-state index in [9.17, 15) is 13.6 Å². The molecule has 9 heteroatoms. The van der Waals surface area contributed by atoms with Crippen LogP contribution in [0, 0.1) is 18.6 Å². The number of imidazole rings is 1. The van der Waals surface area contributed by atoms with Crippen molar-refractivity contribution in [3.63, 3.8) is 0 Å². The standard InChI is InChI=1S/C23H18F2N6O/c1-12(28-22-20-21(27-11-26-20)29-13(2)30-22)18-9-17-8-7-16(25)10-31(17)23(32)19(18)14-3-5-15(24)6-4-14/h3-12H,1-2H3,(H2,26,27,28,29,30)/t12-/m0/s1. The van der Waals surface area contributed by atoms with Gasteiger partial charge in [-0.05, 0) is 55.3 Å². The lowest BCUT2D eigenvalue weighted by Gasteiger charge is -2.20. The molecule has 5 aromatic rings. The van der Waals surface area contributed by atoms with E-state index in [0.717, 1.165) is 6.20 Å². The quantitative estimate of drug-likeness (QED) is 0.440. The number of hydrogen-bond donors (Lipinski definition) is 2. The maximum Gasteiger partial charge on any atom is 0.263 e. The number of anilines is 1. The molecule has 0 saturated carbocycles. The van der Waals surface area contributed by atoms with E-state index >= 15 is 0 Å². The third kappa shape index (κ3) is 3.37. The van der Waals surface area contributed by atoms with Gasteiger partial charge in [-0.25, -0.2) is 23.7 Å². The van der Waals surface area contributed by atoms with Gasteiger partial charge in [0.15, 0.2) is 11.5 Å². The first kappa shape index (κ1) is 19.8. The summed E-state index contributed by atoms with van der Waals surface area (Å²) in [4.78, 5) is 29.4. The lowest BCUT2D eigenvalue weighted by Crippen LogP contribution is -2.21. The summed E-state index contributed by atoms with van der Waals surface area (Å²) < 4.78 is 28.7. The Balaban J connectivity index is 1.70. The highest BCUT2D eigenvalue weighted by atomic mass is 19.1. The van der Waals surface area contributed by atoms with Crippen molar-refractivity contribution in [1.82, 2.24) is 24.3 Å². The van der Waals surface area contributed by atoms with Crippen LogP contribution in [0.1, 0.15) is 24.4 Å². The Morgan fingerprint density at radius 3 is 2.59 bits per heavy atom. The fourth-order valence-corrected chi connectivity index (χ4v) is 3.83. The van der Waals surface area contributed by atoms with Gasteiger partial charge in [0, 0.05) is 11.7 Å². The minimum Gasteiger partial charge on any atom is -0.362 e. The van der Waals surface area contributed by atoms with Crippen LogP contribution in [0.3, 0.4) is 0 Å². The van der Waals surface area contributed by atoms with Crippen LogP contribution in [0.5, 0.6) is 0 Å². The Labute approximate surface area is 180 Å². The van der Waals surface area contributed by atoms with Crippen molar-refractivity contribution >= 4 is 22.5 Å². The molecule has 4 heterocycles. The number of fused-ring (bicyclic) bond motifs is 2. The second-order valence-electron chi connectivity index (χ2n) is 7.52. The van der Waals surface area contributed by atoms with Crippen LogP contribution >= 0.6 is 0 Å². The lowest BCUT2D eigenvalue weighted by molar-refractivity contribution is 0.618. The van der Waals surface area contributed by atoms with Gasteiger partial charge in [0.05, 0.1) is 17.9 Å². The van der Waals surface area contributed by atoms with Crippen molar-refractivity contribution in [3.8, 4) is 11.1 Å². The van der Waals surface area contributed by atoms with Gasteiger partial charge in [-0.3, -0.25) is 9.20 Å². The number of aromatic amines is 1. The Morgan fingerprint density at radius 1 is 1.06 bits per heavy atom. The number of aryl methyl sites for hydroxylation is 1. The molecule has 0 saturated heterocycles. The van der Waals surface area contributed by atoms with Crippen LogP contribution in [-0.4, -0.2) is 24.3 Å². The molecule has 0 radical (unpaired) electrons.